The molecule has 0 saturated heterocycles. The van der Waals surface area contributed by atoms with Crippen molar-refractivity contribution in [1.82, 2.24) is 5.32 Å². The third-order valence-corrected chi connectivity index (χ3v) is 6.59. The molecule has 0 fully saturated rings. The highest BCUT2D eigenvalue weighted by Crippen LogP contribution is 2.37. The molecule has 4 nitrogen and oxygen atoms in total. The SMILES string of the molecule is N#Cc1c(NC(=S)NC(=O)c2cccc3c(Cl)cccc23)sc2c1CCCC2. The number of anilines is 1. The van der Waals surface area contributed by atoms with Crippen molar-refractivity contribution in [2.45, 2.75) is 25.7 Å². The number of halogens is 1. The molecule has 3 aromatic rings. The van der Waals surface area contributed by atoms with Crippen LogP contribution in [0.15, 0.2) is 36.4 Å². The van der Waals surface area contributed by atoms with Gasteiger partial charge in [0.15, 0.2) is 5.11 Å². The van der Waals surface area contributed by atoms with Crippen LogP contribution in [-0.4, -0.2) is 11.0 Å². The van der Waals surface area contributed by atoms with E-state index in [1.807, 2.05) is 18.2 Å². The summed E-state index contributed by atoms with van der Waals surface area (Å²) in [6.45, 7) is 0. The standard InChI is InChI=1S/C21H16ClN3OS2/c22-17-9-4-6-12-13(17)7-3-8-15(12)19(26)24-21(27)25-20-16(11-23)14-5-1-2-10-18(14)28-20/h3-4,6-9H,1-2,5,10H2,(H2,24,25,26,27). The third-order valence-electron chi connectivity index (χ3n) is 4.85. The lowest BCUT2D eigenvalue weighted by molar-refractivity contribution is 0.0979. The average Bonchev–Trinajstić information content (AvgIpc) is 3.04. The fourth-order valence-corrected chi connectivity index (χ4v) is 5.29. The smallest absolute Gasteiger partial charge is 0.258 e. The molecule has 1 heterocycles. The lowest BCUT2D eigenvalue weighted by Crippen LogP contribution is -2.34. The Labute approximate surface area is 177 Å². The van der Waals surface area contributed by atoms with Crippen molar-refractivity contribution < 1.29 is 4.79 Å². The molecule has 1 aromatic heterocycles. The van der Waals surface area contributed by atoms with Gasteiger partial charge in [-0.1, -0.05) is 35.9 Å². The Bertz CT molecular complexity index is 1150. The Kier molecular flexibility index (Phi) is 5.31. The van der Waals surface area contributed by atoms with Gasteiger partial charge in [0.25, 0.3) is 5.91 Å². The van der Waals surface area contributed by atoms with Crippen molar-refractivity contribution in [3.05, 3.63) is 63.0 Å². The monoisotopic (exact) mass is 425 g/mol. The van der Waals surface area contributed by atoms with Crippen molar-refractivity contribution in [2.75, 3.05) is 5.32 Å². The molecule has 0 radical (unpaired) electrons. The van der Waals surface area contributed by atoms with Crippen molar-refractivity contribution in [2.24, 2.45) is 0 Å². The van der Waals surface area contributed by atoms with Gasteiger partial charge in [0.05, 0.1) is 5.56 Å². The van der Waals surface area contributed by atoms with Crippen molar-refractivity contribution in [3.8, 4) is 6.07 Å². The summed E-state index contributed by atoms with van der Waals surface area (Å²) in [5, 5.41) is 18.4. The van der Waals surface area contributed by atoms with E-state index < -0.39 is 0 Å². The minimum atomic E-state index is -0.315. The van der Waals surface area contributed by atoms with Gasteiger partial charge in [-0.05, 0) is 61.0 Å². The molecule has 1 aliphatic rings. The quantitative estimate of drug-likeness (QED) is 0.537. The number of nitrogens with zero attached hydrogens (tertiary/aromatic N) is 1. The number of nitrogens with one attached hydrogen (secondary N) is 2. The normalized spacial score (nSPS) is 12.9. The second-order valence-corrected chi connectivity index (χ2v) is 8.50. The molecule has 0 atom stereocenters. The van der Waals surface area contributed by atoms with E-state index in [1.165, 1.54) is 4.88 Å². The first-order valence-electron chi connectivity index (χ1n) is 8.92. The highest BCUT2D eigenvalue weighted by atomic mass is 35.5. The van der Waals surface area contributed by atoms with Gasteiger partial charge in [-0.2, -0.15) is 5.26 Å². The minimum Gasteiger partial charge on any atom is -0.323 e. The molecule has 2 N–H and O–H groups in total. The van der Waals surface area contributed by atoms with Crippen molar-refractivity contribution >= 4 is 61.9 Å². The van der Waals surface area contributed by atoms with Gasteiger partial charge in [0, 0.05) is 20.8 Å². The molecule has 0 spiro atoms. The number of hydrogen-bond acceptors (Lipinski definition) is 4. The summed E-state index contributed by atoms with van der Waals surface area (Å²) in [7, 11) is 0. The first kappa shape index (κ1) is 18.9. The van der Waals surface area contributed by atoms with E-state index in [0.717, 1.165) is 42.0 Å². The number of aryl methyl sites for hydroxylation is 1. The molecular formula is C21H16ClN3OS2. The summed E-state index contributed by atoms with van der Waals surface area (Å²) >= 11 is 13.1. The van der Waals surface area contributed by atoms with Gasteiger partial charge in [-0.25, -0.2) is 0 Å². The molecule has 7 heteroatoms. The second-order valence-electron chi connectivity index (χ2n) is 6.58. The van der Waals surface area contributed by atoms with Gasteiger partial charge in [-0.15, -0.1) is 11.3 Å². The summed E-state index contributed by atoms with van der Waals surface area (Å²) in [6, 6.07) is 13.1. The molecule has 0 bridgehead atoms. The number of benzene rings is 2. The van der Waals surface area contributed by atoms with Crippen LogP contribution in [0, 0.1) is 11.3 Å². The first-order valence-corrected chi connectivity index (χ1v) is 10.5. The number of thiocarbonyl (C=S) groups is 1. The Morgan fingerprint density at radius 2 is 1.89 bits per heavy atom. The molecule has 0 aliphatic heterocycles. The molecule has 1 aliphatic carbocycles. The molecule has 4 rings (SSSR count). The average molecular weight is 426 g/mol. The van der Waals surface area contributed by atoms with Crippen LogP contribution in [0.4, 0.5) is 5.00 Å². The Hall–Kier alpha value is -2.46. The van der Waals surface area contributed by atoms with Crippen LogP contribution in [0.25, 0.3) is 10.8 Å². The van der Waals surface area contributed by atoms with Crippen LogP contribution in [0.3, 0.4) is 0 Å². The lowest BCUT2D eigenvalue weighted by atomic mass is 9.96. The number of nitriles is 1. The van der Waals surface area contributed by atoms with Crippen molar-refractivity contribution in [1.29, 1.82) is 5.26 Å². The fourth-order valence-electron chi connectivity index (χ4n) is 3.55. The lowest BCUT2D eigenvalue weighted by Gasteiger charge is -2.11. The topological polar surface area (TPSA) is 64.9 Å². The van der Waals surface area contributed by atoms with Gasteiger partial charge in [-0.3, -0.25) is 10.1 Å². The van der Waals surface area contributed by atoms with Crippen LogP contribution in [-0.2, 0) is 12.8 Å². The van der Waals surface area contributed by atoms with E-state index in [2.05, 4.69) is 16.7 Å². The van der Waals surface area contributed by atoms with Gasteiger partial charge < -0.3 is 5.32 Å². The number of carbonyl (C=O) groups excluding carboxylic acids is 1. The van der Waals surface area contributed by atoms with Crippen molar-refractivity contribution in [3.63, 3.8) is 0 Å². The third kappa shape index (κ3) is 3.49. The van der Waals surface area contributed by atoms with E-state index in [4.69, 9.17) is 23.8 Å². The van der Waals surface area contributed by atoms with Gasteiger partial charge in [0.1, 0.15) is 11.1 Å². The number of rotatable bonds is 2. The second kappa shape index (κ2) is 7.88. The number of amides is 1. The zero-order chi connectivity index (χ0) is 19.7. The van der Waals surface area contributed by atoms with Gasteiger partial charge in [0.2, 0.25) is 0 Å². The summed E-state index contributed by atoms with van der Waals surface area (Å²) in [5.74, 6) is -0.315. The Morgan fingerprint density at radius 3 is 2.71 bits per heavy atom. The first-order chi connectivity index (χ1) is 13.6. The number of carbonyl (C=O) groups is 1. The zero-order valence-corrected chi connectivity index (χ0v) is 17.2. The molecule has 28 heavy (non-hydrogen) atoms. The molecule has 0 saturated carbocycles. The number of fused-ring (bicyclic) bond motifs is 2. The summed E-state index contributed by atoms with van der Waals surface area (Å²) < 4.78 is 0. The van der Waals surface area contributed by atoms with Crippen LogP contribution in [0.2, 0.25) is 5.02 Å². The number of hydrogen-bond donors (Lipinski definition) is 2. The molecule has 0 unspecified atom stereocenters. The van der Waals surface area contributed by atoms with Crippen LogP contribution < -0.4 is 10.6 Å². The molecule has 1 amide bonds. The summed E-state index contributed by atoms with van der Waals surface area (Å²) in [5.41, 5.74) is 2.27. The van der Waals surface area contributed by atoms with E-state index in [1.54, 1.807) is 29.5 Å². The van der Waals surface area contributed by atoms with Crippen LogP contribution in [0.1, 0.15) is 39.2 Å². The maximum atomic E-state index is 12.8. The van der Waals surface area contributed by atoms with Crippen LogP contribution >= 0.6 is 35.2 Å². The Balaban J connectivity index is 1.55. The maximum Gasteiger partial charge on any atom is 0.258 e. The van der Waals surface area contributed by atoms with E-state index in [-0.39, 0.29) is 11.0 Å². The predicted octanol–water partition coefficient (Wildman–Crippen LogP) is 5.43. The highest BCUT2D eigenvalue weighted by Gasteiger charge is 2.21. The zero-order valence-electron chi connectivity index (χ0n) is 14.8. The van der Waals surface area contributed by atoms with Crippen LogP contribution in [0.5, 0.6) is 0 Å². The summed E-state index contributed by atoms with van der Waals surface area (Å²) in [6.07, 6.45) is 4.16. The van der Waals surface area contributed by atoms with E-state index in [9.17, 15) is 10.1 Å². The largest absolute Gasteiger partial charge is 0.323 e. The fraction of sp³-hybridized carbons (Fsp3) is 0.190. The van der Waals surface area contributed by atoms with E-state index in [0.29, 0.717) is 21.2 Å². The molecule has 140 valence electrons. The predicted molar refractivity (Wildman–Crippen MR) is 118 cm³/mol. The minimum absolute atomic E-state index is 0.180. The molecule has 2 aromatic carbocycles. The van der Waals surface area contributed by atoms with E-state index >= 15 is 0 Å². The number of thiophene rings is 1. The summed E-state index contributed by atoms with van der Waals surface area (Å²) in [4.78, 5) is 14.0. The molecular weight excluding hydrogens is 410 g/mol. The Morgan fingerprint density at radius 1 is 1.14 bits per heavy atom. The maximum absolute atomic E-state index is 12.8. The van der Waals surface area contributed by atoms with Gasteiger partial charge >= 0.3 is 0 Å². The highest BCUT2D eigenvalue weighted by molar-refractivity contribution is 7.80.